The molecule has 0 bridgehead atoms. The fraction of sp³-hybridized carbons (Fsp3) is 0.500. The SMILES string of the molecule is O=C(O)C1CCCN(C(=O)[C@@H]2CCCN2C2=NS(=O)(=O)c3ccccc32)C1. The maximum absolute atomic E-state index is 13.1. The van der Waals surface area contributed by atoms with Crippen molar-refractivity contribution in [2.75, 3.05) is 19.6 Å². The maximum atomic E-state index is 13.1. The Bertz CT molecular complexity index is 927. The zero-order valence-electron chi connectivity index (χ0n) is 14.7. The molecule has 0 spiro atoms. The number of nitrogens with zero attached hydrogens (tertiary/aromatic N) is 3. The molecule has 8 nitrogen and oxygen atoms in total. The van der Waals surface area contributed by atoms with Crippen LogP contribution in [0.5, 0.6) is 0 Å². The van der Waals surface area contributed by atoms with Crippen LogP contribution in [0, 0.1) is 5.92 Å². The molecule has 1 unspecified atom stereocenters. The highest BCUT2D eigenvalue weighted by atomic mass is 32.2. The molecule has 0 aliphatic carbocycles. The van der Waals surface area contributed by atoms with Crippen molar-refractivity contribution >= 4 is 27.7 Å². The summed E-state index contributed by atoms with van der Waals surface area (Å²) in [5.74, 6) is -1.23. The highest BCUT2D eigenvalue weighted by Gasteiger charge is 2.41. The van der Waals surface area contributed by atoms with Crippen LogP contribution in [-0.2, 0) is 19.6 Å². The molecule has 144 valence electrons. The minimum Gasteiger partial charge on any atom is -0.481 e. The van der Waals surface area contributed by atoms with Gasteiger partial charge in [-0.2, -0.15) is 8.42 Å². The van der Waals surface area contributed by atoms with E-state index >= 15 is 0 Å². The fourth-order valence-electron chi connectivity index (χ4n) is 4.16. The third-order valence-electron chi connectivity index (χ3n) is 5.50. The zero-order chi connectivity index (χ0) is 19.2. The van der Waals surface area contributed by atoms with E-state index < -0.39 is 28.0 Å². The summed E-state index contributed by atoms with van der Waals surface area (Å²) in [4.78, 5) is 27.9. The van der Waals surface area contributed by atoms with E-state index in [1.165, 1.54) is 6.07 Å². The molecule has 4 rings (SSSR count). The van der Waals surface area contributed by atoms with E-state index in [0.717, 1.165) is 6.42 Å². The highest BCUT2D eigenvalue weighted by molar-refractivity contribution is 7.90. The molecule has 1 N–H and O–H groups in total. The molecule has 27 heavy (non-hydrogen) atoms. The molecule has 2 fully saturated rings. The summed E-state index contributed by atoms with van der Waals surface area (Å²) < 4.78 is 28.6. The Morgan fingerprint density at radius 3 is 2.63 bits per heavy atom. The first-order valence-electron chi connectivity index (χ1n) is 9.11. The number of aliphatic carboxylic acids is 1. The number of likely N-dealkylation sites (tertiary alicyclic amines) is 2. The van der Waals surface area contributed by atoms with Crippen molar-refractivity contribution in [3.63, 3.8) is 0 Å². The van der Waals surface area contributed by atoms with Gasteiger partial charge in [0.2, 0.25) is 5.91 Å². The summed E-state index contributed by atoms with van der Waals surface area (Å²) in [5, 5.41) is 9.26. The molecule has 2 atom stereocenters. The number of piperidine rings is 1. The Morgan fingerprint density at radius 1 is 1.11 bits per heavy atom. The Hall–Kier alpha value is -2.42. The van der Waals surface area contributed by atoms with Gasteiger partial charge in [-0.05, 0) is 37.8 Å². The average Bonchev–Trinajstić information content (AvgIpc) is 3.24. The number of amidine groups is 1. The summed E-state index contributed by atoms with van der Waals surface area (Å²) in [5.41, 5.74) is 0.527. The Labute approximate surface area is 157 Å². The maximum Gasteiger partial charge on any atom is 0.308 e. The molecule has 9 heteroatoms. The van der Waals surface area contributed by atoms with Gasteiger partial charge in [-0.15, -0.1) is 4.40 Å². The molecule has 1 aromatic carbocycles. The number of amides is 1. The average molecular weight is 391 g/mol. The summed E-state index contributed by atoms with van der Waals surface area (Å²) in [6, 6.07) is 6.14. The van der Waals surface area contributed by atoms with Gasteiger partial charge in [-0.25, -0.2) is 0 Å². The van der Waals surface area contributed by atoms with Crippen LogP contribution in [-0.4, -0.2) is 66.7 Å². The first-order valence-corrected chi connectivity index (χ1v) is 10.5. The van der Waals surface area contributed by atoms with E-state index in [2.05, 4.69) is 4.40 Å². The number of rotatable bonds is 2. The van der Waals surface area contributed by atoms with E-state index in [1.807, 2.05) is 0 Å². The van der Waals surface area contributed by atoms with E-state index in [0.29, 0.717) is 43.8 Å². The lowest BCUT2D eigenvalue weighted by atomic mass is 9.97. The van der Waals surface area contributed by atoms with E-state index in [4.69, 9.17) is 0 Å². The highest BCUT2D eigenvalue weighted by Crippen LogP contribution is 2.32. The molecule has 0 aromatic heterocycles. The Kier molecular flexibility index (Phi) is 4.41. The van der Waals surface area contributed by atoms with Crippen molar-refractivity contribution in [3.05, 3.63) is 29.8 Å². The van der Waals surface area contributed by atoms with E-state index in [-0.39, 0.29) is 17.3 Å². The molecule has 0 saturated carbocycles. The number of carboxylic acid groups (broad SMARTS) is 1. The van der Waals surface area contributed by atoms with Gasteiger partial charge in [0.1, 0.15) is 10.9 Å². The number of sulfonamides is 1. The lowest BCUT2D eigenvalue weighted by Gasteiger charge is -2.35. The standard InChI is InChI=1S/C18H21N3O5S/c22-17(20-9-3-5-12(11-20)18(23)24)14-7-4-10-21(14)16-13-6-1-2-8-15(13)27(25,26)19-16/h1-2,6,8,12,14H,3-5,7,9-11H2,(H,23,24)/t12?,14-/m0/s1. The summed E-state index contributed by atoms with van der Waals surface area (Å²) in [6.07, 6.45) is 2.60. The minimum absolute atomic E-state index is 0.136. The second kappa shape index (κ2) is 6.63. The summed E-state index contributed by atoms with van der Waals surface area (Å²) >= 11 is 0. The number of fused-ring (bicyclic) bond motifs is 1. The van der Waals surface area contributed by atoms with Gasteiger partial charge in [0.15, 0.2) is 5.84 Å². The van der Waals surface area contributed by atoms with Crippen molar-refractivity contribution in [2.24, 2.45) is 10.3 Å². The van der Waals surface area contributed by atoms with Gasteiger partial charge in [0, 0.05) is 25.2 Å². The molecule has 1 amide bonds. The molecule has 1 aromatic rings. The number of carbonyl (C=O) groups excluding carboxylic acids is 1. The van der Waals surface area contributed by atoms with Crippen molar-refractivity contribution in [1.82, 2.24) is 9.80 Å². The molecular formula is C18H21N3O5S. The van der Waals surface area contributed by atoms with Crippen LogP contribution >= 0.6 is 0 Å². The molecular weight excluding hydrogens is 370 g/mol. The van der Waals surface area contributed by atoms with Gasteiger partial charge in [0.05, 0.1) is 5.92 Å². The van der Waals surface area contributed by atoms with Crippen LogP contribution in [0.1, 0.15) is 31.2 Å². The molecule has 3 heterocycles. The predicted molar refractivity (Wildman–Crippen MR) is 96.8 cm³/mol. The van der Waals surface area contributed by atoms with Gasteiger partial charge in [-0.1, -0.05) is 12.1 Å². The molecule has 0 radical (unpaired) electrons. The Balaban J connectivity index is 1.60. The van der Waals surface area contributed by atoms with Gasteiger partial charge < -0.3 is 14.9 Å². The van der Waals surface area contributed by atoms with Crippen molar-refractivity contribution in [1.29, 1.82) is 0 Å². The molecule has 3 aliphatic rings. The van der Waals surface area contributed by atoms with Gasteiger partial charge in [-0.3, -0.25) is 9.59 Å². The number of carbonyl (C=O) groups is 2. The molecule has 2 saturated heterocycles. The second-order valence-corrected chi connectivity index (χ2v) is 8.77. The monoisotopic (exact) mass is 391 g/mol. The lowest BCUT2D eigenvalue weighted by molar-refractivity contribution is -0.146. The number of hydrogen-bond acceptors (Lipinski definition) is 5. The molecule has 3 aliphatic heterocycles. The fourth-order valence-corrected chi connectivity index (χ4v) is 5.38. The zero-order valence-corrected chi connectivity index (χ0v) is 15.6. The first-order chi connectivity index (χ1) is 12.9. The third kappa shape index (κ3) is 3.09. The van der Waals surface area contributed by atoms with E-state index in [9.17, 15) is 23.1 Å². The minimum atomic E-state index is -3.74. The summed E-state index contributed by atoms with van der Waals surface area (Å²) in [7, 11) is -3.74. The first kappa shape index (κ1) is 18.0. The van der Waals surface area contributed by atoms with Crippen LogP contribution in [0.15, 0.2) is 33.6 Å². The normalized spacial score (nSPS) is 26.6. The number of benzene rings is 1. The Morgan fingerprint density at radius 2 is 1.85 bits per heavy atom. The van der Waals surface area contributed by atoms with Crippen molar-refractivity contribution in [3.8, 4) is 0 Å². The largest absolute Gasteiger partial charge is 0.481 e. The quantitative estimate of drug-likeness (QED) is 0.803. The predicted octanol–water partition coefficient (Wildman–Crippen LogP) is 0.923. The lowest BCUT2D eigenvalue weighted by Crippen LogP contribution is -2.51. The van der Waals surface area contributed by atoms with Crippen LogP contribution in [0.4, 0.5) is 0 Å². The van der Waals surface area contributed by atoms with Crippen LogP contribution in [0.25, 0.3) is 0 Å². The van der Waals surface area contributed by atoms with Gasteiger partial charge in [0.25, 0.3) is 10.0 Å². The smallest absolute Gasteiger partial charge is 0.308 e. The third-order valence-corrected chi connectivity index (χ3v) is 6.83. The number of carboxylic acids is 1. The van der Waals surface area contributed by atoms with Crippen LogP contribution < -0.4 is 0 Å². The van der Waals surface area contributed by atoms with Crippen LogP contribution in [0.2, 0.25) is 0 Å². The van der Waals surface area contributed by atoms with Gasteiger partial charge >= 0.3 is 5.97 Å². The summed E-state index contributed by atoms with van der Waals surface area (Å²) in [6.45, 7) is 1.30. The number of hydrogen-bond donors (Lipinski definition) is 1. The topological polar surface area (TPSA) is 107 Å². The van der Waals surface area contributed by atoms with Crippen molar-refractivity contribution < 1.29 is 23.1 Å². The van der Waals surface area contributed by atoms with Crippen molar-refractivity contribution in [2.45, 2.75) is 36.6 Å². The second-order valence-electron chi connectivity index (χ2n) is 7.20. The van der Waals surface area contributed by atoms with Crippen LogP contribution in [0.3, 0.4) is 0 Å². The van der Waals surface area contributed by atoms with E-state index in [1.54, 1.807) is 28.0 Å².